The molecule has 76 valence electrons. The molecule has 0 aromatic heterocycles. The Morgan fingerprint density at radius 3 is 2.07 bits per heavy atom. The lowest BCUT2D eigenvalue weighted by atomic mass is 9.98. The van der Waals surface area contributed by atoms with Crippen molar-refractivity contribution in [3.05, 3.63) is 34.9 Å². The lowest BCUT2D eigenvalue weighted by Crippen LogP contribution is -2.09. The van der Waals surface area contributed by atoms with Crippen molar-refractivity contribution in [1.29, 1.82) is 0 Å². The van der Waals surface area contributed by atoms with Gasteiger partial charge in [-0.25, -0.2) is 4.79 Å². The fraction of sp³-hybridized carbons (Fsp3) is 0.417. The SMILES string of the molecule is CCc1cccc(CC)c1C(=O)OC. The maximum absolute atomic E-state index is 11.6. The number of rotatable bonds is 3. The van der Waals surface area contributed by atoms with E-state index in [0.717, 1.165) is 29.5 Å². The Hall–Kier alpha value is -1.31. The van der Waals surface area contributed by atoms with Crippen LogP contribution in [-0.4, -0.2) is 13.1 Å². The monoisotopic (exact) mass is 192 g/mol. The minimum absolute atomic E-state index is 0.223. The summed E-state index contributed by atoms with van der Waals surface area (Å²) < 4.78 is 4.78. The summed E-state index contributed by atoms with van der Waals surface area (Å²) in [6.45, 7) is 4.09. The Balaban J connectivity index is 3.25. The van der Waals surface area contributed by atoms with Crippen LogP contribution in [0.4, 0.5) is 0 Å². The van der Waals surface area contributed by atoms with Crippen molar-refractivity contribution in [1.82, 2.24) is 0 Å². The summed E-state index contributed by atoms with van der Waals surface area (Å²) in [7, 11) is 1.42. The molecule has 0 saturated heterocycles. The van der Waals surface area contributed by atoms with Crippen LogP contribution in [0.25, 0.3) is 0 Å². The van der Waals surface area contributed by atoms with Crippen LogP contribution in [0.5, 0.6) is 0 Å². The van der Waals surface area contributed by atoms with Gasteiger partial charge in [0.15, 0.2) is 0 Å². The van der Waals surface area contributed by atoms with Crippen molar-refractivity contribution in [2.45, 2.75) is 26.7 Å². The van der Waals surface area contributed by atoms with Crippen molar-refractivity contribution in [3.63, 3.8) is 0 Å². The maximum atomic E-state index is 11.6. The van der Waals surface area contributed by atoms with Gasteiger partial charge in [0, 0.05) is 0 Å². The van der Waals surface area contributed by atoms with Gasteiger partial charge < -0.3 is 4.74 Å². The van der Waals surface area contributed by atoms with Gasteiger partial charge >= 0.3 is 5.97 Å². The molecule has 2 nitrogen and oxygen atoms in total. The average Bonchev–Trinajstić information content (AvgIpc) is 2.26. The highest BCUT2D eigenvalue weighted by Crippen LogP contribution is 2.17. The average molecular weight is 192 g/mol. The van der Waals surface area contributed by atoms with E-state index in [1.807, 2.05) is 32.0 Å². The second-order valence-corrected chi connectivity index (χ2v) is 3.15. The number of esters is 1. The van der Waals surface area contributed by atoms with Crippen LogP contribution < -0.4 is 0 Å². The maximum Gasteiger partial charge on any atom is 0.338 e. The van der Waals surface area contributed by atoms with Crippen LogP contribution in [0.15, 0.2) is 18.2 Å². The van der Waals surface area contributed by atoms with E-state index in [0.29, 0.717) is 0 Å². The molecule has 0 N–H and O–H groups in total. The van der Waals surface area contributed by atoms with Crippen LogP contribution in [0.2, 0.25) is 0 Å². The molecule has 0 unspecified atom stereocenters. The molecular weight excluding hydrogens is 176 g/mol. The number of ether oxygens (including phenoxy) is 1. The van der Waals surface area contributed by atoms with E-state index in [2.05, 4.69) is 0 Å². The molecule has 1 rings (SSSR count). The van der Waals surface area contributed by atoms with Crippen molar-refractivity contribution in [3.8, 4) is 0 Å². The summed E-state index contributed by atoms with van der Waals surface area (Å²) in [5.74, 6) is -0.223. The van der Waals surface area contributed by atoms with Crippen molar-refractivity contribution < 1.29 is 9.53 Å². The zero-order chi connectivity index (χ0) is 10.6. The van der Waals surface area contributed by atoms with Gasteiger partial charge in [-0.05, 0) is 24.0 Å². The zero-order valence-electron chi connectivity index (χ0n) is 8.96. The van der Waals surface area contributed by atoms with E-state index in [4.69, 9.17) is 4.74 Å². The molecule has 1 aromatic carbocycles. The molecule has 0 saturated carbocycles. The molecule has 2 heteroatoms. The predicted molar refractivity (Wildman–Crippen MR) is 56.5 cm³/mol. The summed E-state index contributed by atoms with van der Waals surface area (Å²) >= 11 is 0. The number of hydrogen-bond donors (Lipinski definition) is 0. The first kappa shape index (κ1) is 10.8. The van der Waals surface area contributed by atoms with Gasteiger partial charge in [-0.1, -0.05) is 32.0 Å². The number of hydrogen-bond acceptors (Lipinski definition) is 2. The largest absolute Gasteiger partial charge is 0.465 e. The third kappa shape index (κ3) is 1.95. The number of methoxy groups -OCH3 is 1. The van der Waals surface area contributed by atoms with E-state index in [-0.39, 0.29) is 5.97 Å². The van der Waals surface area contributed by atoms with Crippen LogP contribution in [0.3, 0.4) is 0 Å². The van der Waals surface area contributed by atoms with Gasteiger partial charge in [-0.2, -0.15) is 0 Å². The quantitative estimate of drug-likeness (QED) is 0.688. The normalized spacial score (nSPS) is 9.93. The molecule has 0 heterocycles. The highest BCUT2D eigenvalue weighted by molar-refractivity contribution is 5.92. The lowest BCUT2D eigenvalue weighted by molar-refractivity contribution is 0.0598. The smallest absolute Gasteiger partial charge is 0.338 e. The van der Waals surface area contributed by atoms with Crippen molar-refractivity contribution in [2.24, 2.45) is 0 Å². The van der Waals surface area contributed by atoms with Crippen LogP contribution in [0.1, 0.15) is 35.3 Å². The molecule has 14 heavy (non-hydrogen) atoms. The van der Waals surface area contributed by atoms with Crippen molar-refractivity contribution >= 4 is 5.97 Å². The minimum Gasteiger partial charge on any atom is -0.465 e. The van der Waals surface area contributed by atoms with E-state index >= 15 is 0 Å². The van der Waals surface area contributed by atoms with Gasteiger partial charge in [0.05, 0.1) is 12.7 Å². The van der Waals surface area contributed by atoms with Crippen LogP contribution in [-0.2, 0) is 17.6 Å². The van der Waals surface area contributed by atoms with E-state index < -0.39 is 0 Å². The molecule has 0 aliphatic carbocycles. The number of carbonyl (C=O) groups is 1. The zero-order valence-corrected chi connectivity index (χ0v) is 8.96. The Bertz CT molecular complexity index is 307. The van der Waals surface area contributed by atoms with Crippen LogP contribution >= 0.6 is 0 Å². The van der Waals surface area contributed by atoms with Crippen LogP contribution in [0, 0.1) is 0 Å². The first-order valence-corrected chi connectivity index (χ1v) is 4.93. The molecular formula is C12H16O2. The Kier molecular flexibility index (Phi) is 3.69. The number of carbonyl (C=O) groups excluding carboxylic acids is 1. The first-order chi connectivity index (χ1) is 6.74. The van der Waals surface area contributed by atoms with Gasteiger partial charge in [0.25, 0.3) is 0 Å². The standard InChI is InChI=1S/C12H16O2/c1-4-9-7-6-8-10(5-2)11(9)12(13)14-3/h6-8H,4-5H2,1-3H3. The minimum atomic E-state index is -0.223. The third-order valence-electron chi connectivity index (χ3n) is 2.39. The first-order valence-electron chi connectivity index (χ1n) is 4.93. The van der Waals surface area contributed by atoms with E-state index in [9.17, 15) is 4.79 Å². The second kappa shape index (κ2) is 4.80. The fourth-order valence-electron chi connectivity index (χ4n) is 1.61. The molecule has 0 radical (unpaired) electrons. The summed E-state index contributed by atoms with van der Waals surface area (Å²) in [6, 6.07) is 5.95. The highest BCUT2D eigenvalue weighted by atomic mass is 16.5. The summed E-state index contributed by atoms with van der Waals surface area (Å²) in [5.41, 5.74) is 2.88. The van der Waals surface area contributed by atoms with Gasteiger partial charge in [0.1, 0.15) is 0 Å². The Labute approximate surface area is 84.9 Å². The molecule has 0 fully saturated rings. The second-order valence-electron chi connectivity index (χ2n) is 3.15. The summed E-state index contributed by atoms with van der Waals surface area (Å²) in [6.07, 6.45) is 1.72. The van der Waals surface area contributed by atoms with Gasteiger partial charge in [-0.3, -0.25) is 0 Å². The van der Waals surface area contributed by atoms with Crippen molar-refractivity contribution in [2.75, 3.05) is 7.11 Å². The summed E-state index contributed by atoms with van der Waals surface area (Å²) in [4.78, 5) is 11.6. The molecule has 0 aliphatic rings. The van der Waals surface area contributed by atoms with Gasteiger partial charge in [0.2, 0.25) is 0 Å². The molecule has 1 aromatic rings. The van der Waals surface area contributed by atoms with E-state index in [1.54, 1.807) is 0 Å². The Morgan fingerprint density at radius 1 is 1.21 bits per heavy atom. The van der Waals surface area contributed by atoms with Gasteiger partial charge in [-0.15, -0.1) is 0 Å². The number of benzene rings is 1. The number of aryl methyl sites for hydroxylation is 2. The molecule has 0 amide bonds. The predicted octanol–water partition coefficient (Wildman–Crippen LogP) is 2.60. The lowest BCUT2D eigenvalue weighted by Gasteiger charge is -2.10. The molecule has 0 spiro atoms. The Morgan fingerprint density at radius 2 is 1.71 bits per heavy atom. The van der Waals surface area contributed by atoms with E-state index in [1.165, 1.54) is 7.11 Å². The molecule has 0 aliphatic heterocycles. The summed E-state index contributed by atoms with van der Waals surface area (Å²) in [5, 5.41) is 0. The third-order valence-corrected chi connectivity index (χ3v) is 2.39. The topological polar surface area (TPSA) is 26.3 Å². The molecule has 0 bridgehead atoms. The highest BCUT2D eigenvalue weighted by Gasteiger charge is 2.14. The molecule has 0 atom stereocenters. The fourth-order valence-corrected chi connectivity index (χ4v) is 1.61.